The molecule has 0 unspecified atom stereocenters. The highest BCUT2D eigenvalue weighted by molar-refractivity contribution is 5.80. The average molecular weight is 387 g/mol. The van der Waals surface area contributed by atoms with Gasteiger partial charge in [0.05, 0.1) is 10.9 Å². The Balaban J connectivity index is 1.63. The number of para-hydroxylation sites is 2. The summed E-state index contributed by atoms with van der Waals surface area (Å²) in [5.74, 6) is 0.438. The molecule has 0 bridgehead atoms. The van der Waals surface area contributed by atoms with E-state index in [0.29, 0.717) is 23.4 Å². The van der Waals surface area contributed by atoms with E-state index in [1.54, 1.807) is 16.8 Å². The lowest BCUT2D eigenvalue weighted by atomic mass is 9.84. The summed E-state index contributed by atoms with van der Waals surface area (Å²) in [5, 5.41) is 4.93. The third kappa shape index (κ3) is 3.10. The van der Waals surface area contributed by atoms with Crippen molar-refractivity contribution >= 4 is 28.8 Å². The second-order valence-electron chi connectivity index (χ2n) is 7.65. The highest BCUT2D eigenvalue weighted by Gasteiger charge is 2.37. The fraction of sp³-hybridized carbons (Fsp3) is 0.261. The van der Waals surface area contributed by atoms with Crippen LogP contribution in [0.1, 0.15) is 26.3 Å². The molecule has 1 aliphatic rings. The molecule has 0 atom stereocenters. The van der Waals surface area contributed by atoms with Gasteiger partial charge in [0, 0.05) is 36.6 Å². The normalized spacial score (nSPS) is 16.7. The Kier molecular flexibility index (Phi) is 4.70. The Bertz CT molecular complexity index is 1190. The van der Waals surface area contributed by atoms with E-state index in [1.807, 2.05) is 31.2 Å². The number of aromatic nitrogens is 2. The van der Waals surface area contributed by atoms with Crippen LogP contribution in [0.3, 0.4) is 0 Å². The van der Waals surface area contributed by atoms with Gasteiger partial charge in [0.1, 0.15) is 0 Å². The minimum absolute atomic E-state index is 0.0683. The maximum absolute atomic E-state index is 12.7. The van der Waals surface area contributed by atoms with Crippen LogP contribution in [-0.4, -0.2) is 22.8 Å². The van der Waals surface area contributed by atoms with Crippen LogP contribution in [0.5, 0.6) is 0 Å². The number of likely N-dealkylation sites (N-methyl/N-ethyl adjacent to an activating group) is 1. The topological polar surface area (TPSA) is 62.5 Å². The van der Waals surface area contributed by atoms with Crippen LogP contribution in [0.25, 0.3) is 10.9 Å². The van der Waals surface area contributed by atoms with Gasteiger partial charge in [0.15, 0.2) is 0 Å². The molecule has 6 nitrogen and oxygen atoms in total. The Labute approximate surface area is 170 Å². The number of hydrogen-bond acceptors (Lipinski definition) is 5. The SMILES string of the molecule is CCn1c(N/N=C\C=C2\N(C)c3ccccc3C2(C)C)nc2ccccc2c1=O. The van der Waals surface area contributed by atoms with Gasteiger partial charge in [-0.15, -0.1) is 0 Å². The van der Waals surface area contributed by atoms with Crippen molar-refractivity contribution in [2.45, 2.75) is 32.7 Å². The van der Waals surface area contributed by atoms with Crippen molar-refractivity contribution < 1.29 is 0 Å². The molecule has 0 radical (unpaired) electrons. The highest BCUT2D eigenvalue weighted by Crippen LogP contribution is 2.46. The lowest BCUT2D eigenvalue weighted by Gasteiger charge is -2.23. The van der Waals surface area contributed by atoms with E-state index in [0.717, 1.165) is 5.70 Å². The Morgan fingerprint density at radius 3 is 2.62 bits per heavy atom. The smallest absolute Gasteiger partial charge is 0.262 e. The number of nitrogens with zero attached hydrogens (tertiary/aromatic N) is 4. The molecule has 0 saturated heterocycles. The van der Waals surface area contributed by atoms with Gasteiger partial charge in [-0.1, -0.05) is 44.2 Å². The Hall–Kier alpha value is -3.41. The zero-order chi connectivity index (χ0) is 20.6. The molecular formula is C23H25N5O. The van der Waals surface area contributed by atoms with Crippen LogP contribution in [0.2, 0.25) is 0 Å². The molecule has 1 N–H and O–H groups in total. The average Bonchev–Trinajstić information content (AvgIpc) is 2.92. The first-order valence-electron chi connectivity index (χ1n) is 9.77. The maximum atomic E-state index is 12.7. The van der Waals surface area contributed by atoms with Crippen molar-refractivity contribution in [1.29, 1.82) is 0 Å². The third-order valence-corrected chi connectivity index (χ3v) is 5.59. The van der Waals surface area contributed by atoms with E-state index in [4.69, 9.17) is 0 Å². The number of benzene rings is 2. The van der Waals surface area contributed by atoms with Gasteiger partial charge in [-0.25, -0.2) is 10.4 Å². The monoisotopic (exact) mass is 387 g/mol. The first-order valence-corrected chi connectivity index (χ1v) is 9.77. The van der Waals surface area contributed by atoms with Crippen molar-refractivity contribution in [3.05, 3.63) is 76.2 Å². The highest BCUT2D eigenvalue weighted by atomic mass is 16.1. The van der Waals surface area contributed by atoms with Crippen LogP contribution < -0.4 is 15.9 Å². The zero-order valence-corrected chi connectivity index (χ0v) is 17.2. The molecule has 29 heavy (non-hydrogen) atoms. The molecule has 2 aromatic carbocycles. The second kappa shape index (κ2) is 7.20. The van der Waals surface area contributed by atoms with E-state index >= 15 is 0 Å². The minimum Gasteiger partial charge on any atom is -0.347 e. The summed E-state index contributed by atoms with van der Waals surface area (Å²) in [6, 6.07) is 15.8. The number of rotatable bonds is 4. The molecule has 148 valence electrons. The summed E-state index contributed by atoms with van der Waals surface area (Å²) in [5.41, 5.74) is 7.09. The molecular weight excluding hydrogens is 362 g/mol. The van der Waals surface area contributed by atoms with Crippen molar-refractivity contribution in [3.8, 4) is 0 Å². The van der Waals surface area contributed by atoms with E-state index in [-0.39, 0.29) is 11.0 Å². The summed E-state index contributed by atoms with van der Waals surface area (Å²) >= 11 is 0. The predicted octanol–water partition coefficient (Wildman–Crippen LogP) is 4.13. The van der Waals surface area contributed by atoms with Crippen molar-refractivity contribution in [3.63, 3.8) is 0 Å². The molecule has 1 aromatic heterocycles. The lowest BCUT2D eigenvalue weighted by Crippen LogP contribution is -2.23. The summed E-state index contributed by atoms with van der Waals surface area (Å²) in [6.45, 7) is 6.85. The molecule has 2 heterocycles. The fourth-order valence-electron chi connectivity index (χ4n) is 4.05. The summed E-state index contributed by atoms with van der Waals surface area (Å²) in [7, 11) is 2.07. The second-order valence-corrected chi connectivity index (χ2v) is 7.65. The first kappa shape index (κ1) is 18.9. The summed E-state index contributed by atoms with van der Waals surface area (Å²) in [4.78, 5) is 19.4. The van der Waals surface area contributed by atoms with Crippen LogP contribution in [0, 0.1) is 0 Å². The maximum Gasteiger partial charge on any atom is 0.262 e. The predicted molar refractivity (Wildman–Crippen MR) is 120 cm³/mol. The van der Waals surface area contributed by atoms with Gasteiger partial charge in [-0.2, -0.15) is 5.10 Å². The number of hydrogen-bond donors (Lipinski definition) is 1. The van der Waals surface area contributed by atoms with Gasteiger partial charge < -0.3 is 4.90 Å². The minimum atomic E-state index is -0.107. The van der Waals surface area contributed by atoms with Crippen molar-refractivity contribution in [2.75, 3.05) is 17.4 Å². The van der Waals surface area contributed by atoms with Crippen LogP contribution in [-0.2, 0) is 12.0 Å². The number of hydrazone groups is 1. The summed E-state index contributed by atoms with van der Waals surface area (Å²) in [6.07, 6.45) is 3.73. The lowest BCUT2D eigenvalue weighted by molar-refractivity contribution is 0.641. The molecule has 0 saturated carbocycles. The van der Waals surface area contributed by atoms with Gasteiger partial charge in [-0.05, 0) is 36.8 Å². The molecule has 1 aliphatic heterocycles. The number of allylic oxidation sites excluding steroid dienone is 2. The molecule has 0 amide bonds. The van der Waals surface area contributed by atoms with E-state index in [9.17, 15) is 4.79 Å². The van der Waals surface area contributed by atoms with E-state index in [1.165, 1.54) is 11.3 Å². The Morgan fingerprint density at radius 2 is 1.86 bits per heavy atom. The Morgan fingerprint density at radius 1 is 1.14 bits per heavy atom. The van der Waals surface area contributed by atoms with Crippen LogP contribution >= 0.6 is 0 Å². The molecule has 3 aromatic rings. The van der Waals surface area contributed by atoms with Gasteiger partial charge in [-0.3, -0.25) is 9.36 Å². The van der Waals surface area contributed by atoms with E-state index in [2.05, 4.69) is 65.6 Å². The quantitative estimate of drug-likeness (QED) is 0.540. The van der Waals surface area contributed by atoms with Gasteiger partial charge >= 0.3 is 0 Å². The molecule has 4 rings (SSSR count). The number of nitrogens with one attached hydrogen (secondary N) is 1. The van der Waals surface area contributed by atoms with Crippen LogP contribution in [0.15, 0.2) is 70.2 Å². The van der Waals surface area contributed by atoms with Gasteiger partial charge in [0.2, 0.25) is 5.95 Å². The third-order valence-electron chi connectivity index (χ3n) is 5.59. The van der Waals surface area contributed by atoms with Crippen LogP contribution in [0.4, 0.5) is 11.6 Å². The largest absolute Gasteiger partial charge is 0.347 e. The number of anilines is 2. The zero-order valence-electron chi connectivity index (χ0n) is 17.2. The number of fused-ring (bicyclic) bond motifs is 2. The molecule has 0 aliphatic carbocycles. The van der Waals surface area contributed by atoms with Crippen molar-refractivity contribution in [1.82, 2.24) is 9.55 Å². The summed E-state index contributed by atoms with van der Waals surface area (Å²) < 4.78 is 1.59. The van der Waals surface area contributed by atoms with E-state index < -0.39 is 0 Å². The first-order chi connectivity index (χ1) is 13.9. The molecule has 0 spiro atoms. The fourth-order valence-corrected chi connectivity index (χ4v) is 4.05. The standard InChI is InChI=1S/C23H25N5O/c1-5-28-21(29)16-10-6-8-12-18(16)25-22(28)26-24-15-14-20-23(2,3)17-11-7-9-13-19(17)27(20)4/h6-15H,5H2,1-4H3,(H,25,26)/b20-14+,24-15-. The van der Waals surface area contributed by atoms with Crippen molar-refractivity contribution in [2.24, 2.45) is 5.10 Å². The molecule has 0 fully saturated rings. The van der Waals surface area contributed by atoms with Gasteiger partial charge in [0.25, 0.3) is 5.56 Å². The molecule has 6 heteroatoms.